The molecule has 1 aromatic carbocycles. The monoisotopic (exact) mass is 279 g/mol. The number of methoxy groups -OCH3 is 1. The van der Waals surface area contributed by atoms with Crippen molar-refractivity contribution in [2.24, 2.45) is 5.16 Å². The molecule has 0 bridgehead atoms. The highest BCUT2D eigenvalue weighted by atomic mass is 16.7. The summed E-state index contributed by atoms with van der Waals surface area (Å²) in [6.45, 7) is 4.48. The average molecular weight is 279 g/mol. The SMILES string of the molecule is CCC(=NOC(C)=O)c1ccc(OC(C)=O)c(OC)c1. The van der Waals surface area contributed by atoms with Crippen molar-refractivity contribution in [2.75, 3.05) is 7.11 Å². The standard InChI is InChI=1S/C14H17NO5/c1-5-12(15-20-10(3)17)11-6-7-13(19-9(2)16)14(8-11)18-4/h6-8H,5H2,1-4H3. The minimum Gasteiger partial charge on any atom is -0.493 e. The normalized spacial score (nSPS) is 10.9. The minimum absolute atomic E-state index is 0.326. The van der Waals surface area contributed by atoms with E-state index in [9.17, 15) is 9.59 Å². The van der Waals surface area contributed by atoms with Gasteiger partial charge >= 0.3 is 11.9 Å². The lowest BCUT2D eigenvalue weighted by molar-refractivity contribution is -0.141. The smallest absolute Gasteiger partial charge is 0.331 e. The molecule has 0 N–H and O–H groups in total. The molecule has 0 aliphatic rings. The van der Waals surface area contributed by atoms with E-state index in [2.05, 4.69) is 9.99 Å². The Bertz CT molecular complexity index is 536. The minimum atomic E-state index is -0.487. The number of ether oxygens (including phenoxy) is 2. The first kappa shape index (κ1) is 15.7. The second kappa shape index (κ2) is 7.28. The van der Waals surface area contributed by atoms with Gasteiger partial charge in [-0.25, -0.2) is 4.79 Å². The average Bonchev–Trinajstić information content (AvgIpc) is 2.39. The van der Waals surface area contributed by atoms with E-state index >= 15 is 0 Å². The van der Waals surface area contributed by atoms with Gasteiger partial charge in [-0.3, -0.25) is 4.79 Å². The maximum absolute atomic E-state index is 11.0. The summed E-state index contributed by atoms with van der Waals surface area (Å²) in [6.07, 6.45) is 0.573. The molecule has 1 rings (SSSR count). The van der Waals surface area contributed by atoms with Crippen LogP contribution in [0.4, 0.5) is 0 Å². The van der Waals surface area contributed by atoms with Gasteiger partial charge in [-0.05, 0) is 24.6 Å². The lowest BCUT2D eigenvalue weighted by atomic mass is 10.1. The largest absolute Gasteiger partial charge is 0.493 e. The molecule has 108 valence electrons. The van der Waals surface area contributed by atoms with Crippen LogP contribution in [0.2, 0.25) is 0 Å². The molecule has 0 amide bonds. The van der Waals surface area contributed by atoms with Gasteiger partial charge in [-0.1, -0.05) is 12.1 Å². The summed E-state index contributed by atoms with van der Waals surface area (Å²) < 4.78 is 10.2. The van der Waals surface area contributed by atoms with Crippen LogP contribution in [0.1, 0.15) is 32.8 Å². The molecule has 0 aromatic heterocycles. The van der Waals surface area contributed by atoms with E-state index in [-0.39, 0.29) is 0 Å². The third kappa shape index (κ3) is 4.38. The molecule has 1 aromatic rings. The van der Waals surface area contributed by atoms with Crippen molar-refractivity contribution in [1.82, 2.24) is 0 Å². The van der Waals surface area contributed by atoms with Crippen LogP contribution in [0.25, 0.3) is 0 Å². The molecule has 6 heteroatoms. The number of benzene rings is 1. The Kier molecular flexibility index (Phi) is 5.71. The quantitative estimate of drug-likeness (QED) is 0.272. The maximum atomic E-state index is 11.0. The van der Waals surface area contributed by atoms with Crippen LogP contribution in [0, 0.1) is 0 Å². The first-order chi connectivity index (χ1) is 9.47. The molecule has 0 radical (unpaired) electrons. The van der Waals surface area contributed by atoms with Crippen molar-refractivity contribution in [2.45, 2.75) is 27.2 Å². The highest BCUT2D eigenvalue weighted by Gasteiger charge is 2.11. The van der Waals surface area contributed by atoms with Gasteiger partial charge in [0.1, 0.15) is 0 Å². The summed E-state index contributed by atoms with van der Waals surface area (Å²) in [5, 5.41) is 3.78. The Labute approximate surface area is 117 Å². The molecule has 0 atom stereocenters. The Morgan fingerprint density at radius 1 is 1.15 bits per heavy atom. The van der Waals surface area contributed by atoms with E-state index in [0.29, 0.717) is 23.6 Å². The van der Waals surface area contributed by atoms with Gasteiger partial charge in [0.2, 0.25) is 0 Å². The molecule has 0 saturated carbocycles. The molecule has 0 fully saturated rings. The van der Waals surface area contributed by atoms with Crippen molar-refractivity contribution in [3.63, 3.8) is 0 Å². The topological polar surface area (TPSA) is 74.2 Å². The van der Waals surface area contributed by atoms with Crippen LogP contribution in [0.5, 0.6) is 11.5 Å². The van der Waals surface area contributed by atoms with E-state index in [1.807, 2.05) is 6.92 Å². The fourth-order valence-electron chi connectivity index (χ4n) is 1.53. The van der Waals surface area contributed by atoms with Crippen molar-refractivity contribution < 1.29 is 23.9 Å². The second-order valence-electron chi connectivity index (χ2n) is 3.93. The van der Waals surface area contributed by atoms with Crippen LogP contribution >= 0.6 is 0 Å². The van der Waals surface area contributed by atoms with Gasteiger partial charge < -0.3 is 14.3 Å². The zero-order valence-electron chi connectivity index (χ0n) is 11.9. The zero-order chi connectivity index (χ0) is 15.1. The molecule has 0 aliphatic heterocycles. The Morgan fingerprint density at radius 2 is 1.85 bits per heavy atom. The summed E-state index contributed by atoms with van der Waals surface area (Å²) in [5.41, 5.74) is 1.31. The van der Waals surface area contributed by atoms with E-state index in [1.165, 1.54) is 21.0 Å². The molecular formula is C14H17NO5. The number of hydrogen-bond acceptors (Lipinski definition) is 6. The zero-order valence-corrected chi connectivity index (χ0v) is 11.9. The highest BCUT2D eigenvalue weighted by molar-refractivity contribution is 6.00. The number of nitrogens with zero attached hydrogens (tertiary/aromatic N) is 1. The number of oxime groups is 1. The summed E-state index contributed by atoms with van der Waals surface area (Å²) >= 11 is 0. The molecule has 6 nitrogen and oxygen atoms in total. The van der Waals surface area contributed by atoms with E-state index in [4.69, 9.17) is 9.47 Å². The molecule has 0 saturated heterocycles. The van der Waals surface area contributed by atoms with Crippen LogP contribution in [0.15, 0.2) is 23.4 Å². The Balaban J connectivity index is 3.09. The third-order valence-corrected chi connectivity index (χ3v) is 2.37. The van der Waals surface area contributed by atoms with Gasteiger partial charge in [0.25, 0.3) is 0 Å². The highest BCUT2D eigenvalue weighted by Crippen LogP contribution is 2.28. The van der Waals surface area contributed by atoms with Crippen LogP contribution in [-0.2, 0) is 14.4 Å². The number of carbonyl (C=O) groups is 2. The van der Waals surface area contributed by atoms with Crippen LogP contribution < -0.4 is 9.47 Å². The predicted octanol–water partition coefficient (Wildman–Crippen LogP) is 2.30. The van der Waals surface area contributed by atoms with E-state index in [0.717, 1.165) is 5.56 Å². The fourth-order valence-corrected chi connectivity index (χ4v) is 1.53. The summed E-state index contributed by atoms with van der Waals surface area (Å²) in [4.78, 5) is 26.4. The molecular weight excluding hydrogens is 262 g/mol. The Morgan fingerprint density at radius 3 is 2.35 bits per heavy atom. The van der Waals surface area contributed by atoms with E-state index in [1.54, 1.807) is 18.2 Å². The van der Waals surface area contributed by atoms with Crippen molar-refractivity contribution in [3.8, 4) is 11.5 Å². The van der Waals surface area contributed by atoms with Gasteiger partial charge in [0.15, 0.2) is 11.5 Å². The van der Waals surface area contributed by atoms with Gasteiger partial charge in [0, 0.05) is 19.4 Å². The first-order valence-corrected chi connectivity index (χ1v) is 6.09. The Hall–Kier alpha value is -2.37. The predicted molar refractivity (Wildman–Crippen MR) is 72.9 cm³/mol. The molecule has 20 heavy (non-hydrogen) atoms. The lowest BCUT2D eigenvalue weighted by Crippen LogP contribution is -2.06. The van der Waals surface area contributed by atoms with Crippen LogP contribution in [-0.4, -0.2) is 24.8 Å². The molecule has 0 spiro atoms. The molecule has 0 aliphatic carbocycles. The number of hydrogen-bond donors (Lipinski definition) is 0. The second-order valence-corrected chi connectivity index (χ2v) is 3.93. The summed E-state index contributed by atoms with van der Waals surface area (Å²) in [5.74, 6) is -0.187. The van der Waals surface area contributed by atoms with Crippen molar-refractivity contribution in [3.05, 3.63) is 23.8 Å². The van der Waals surface area contributed by atoms with Gasteiger partial charge in [-0.15, -0.1) is 0 Å². The van der Waals surface area contributed by atoms with Crippen molar-refractivity contribution in [1.29, 1.82) is 0 Å². The van der Waals surface area contributed by atoms with Gasteiger partial charge in [-0.2, -0.15) is 0 Å². The fraction of sp³-hybridized carbons (Fsp3) is 0.357. The van der Waals surface area contributed by atoms with E-state index < -0.39 is 11.9 Å². The maximum Gasteiger partial charge on any atom is 0.331 e. The summed E-state index contributed by atoms with van der Waals surface area (Å²) in [6, 6.07) is 4.99. The van der Waals surface area contributed by atoms with Crippen LogP contribution in [0.3, 0.4) is 0 Å². The third-order valence-electron chi connectivity index (χ3n) is 2.37. The van der Waals surface area contributed by atoms with Gasteiger partial charge in [0.05, 0.1) is 12.8 Å². The number of carbonyl (C=O) groups excluding carboxylic acids is 2. The number of rotatable bonds is 5. The number of esters is 1. The first-order valence-electron chi connectivity index (χ1n) is 6.09. The molecule has 0 heterocycles. The molecule has 0 unspecified atom stereocenters. The summed E-state index contributed by atoms with van der Waals surface area (Å²) in [7, 11) is 1.47. The van der Waals surface area contributed by atoms with Crippen molar-refractivity contribution >= 4 is 17.7 Å². The lowest BCUT2D eigenvalue weighted by Gasteiger charge is -2.10.